The van der Waals surface area contributed by atoms with Gasteiger partial charge in [-0.25, -0.2) is 0 Å². The SMILES string of the molecule is CC(C)(N)CC(=O)NCc1cccc(Cl)c1. The average molecular weight is 241 g/mol. The minimum absolute atomic E-state index is 0.0486. The summed E-state index contributed by atoms with van der Waals surface area (Å²) in [5, 5.41) is 3.48. The molecule has 1 amide bonds. The van der Waals surface area contributed by atoms with Gasteiger partial charge in [0.2, 0.25) is 5.91 Å². The molecule has 0 aliphatic heterocycles. The molecule has 3 nitrogen and oxygen atoms in total. The lowest BCUT2D eigenvalue weighted by Crippen LogP contribution is -2.38. The van der Waals surface area contributed by atoms with E-state index >= 15 is 0 Å². The van der Waals surface area contributed by atoms with E-state index in [9.17, 15) is 4.79 Å². The monoisotopic (exact) mass is 240 g/mol. The molecule has 1 rings (SSSR count). The lowest BCUT2D eigenvalue weighted by molar-refractivity contribution is -0.122. The van der Waals surface area contributed by atoms with Crippen LogP contribution in [0.25, 0.3) is 0 Å². The molecule has 1 aromatic rings. The standard InChI is InChI=1S/C12H17ClN2O/c1-12(2,14)7-11(16)15-8-9-4-3-5-10(13)6-9/h3-6H,7-8,14H2,1-2H3,(H,15,16). The van der Waals surface area contributed by atoms with Crippen LogP contribution in [0.4, 0.5) is 0 Å². The quantitative estimate of drug-likeness (QED) is 0.847. The third-order valence-corrected chi connectivity index (χ3v) is 2.23. The zero-order valence-electron chi connectivity index (χ0n) is 9.59. The summed E-state index contributed by atoms with van der Waals surface area (Å²) in [5.74, 6) is -0.0486. The molecular weight excluding hydrogens is 224 g/mol. The maximum Gasteiger partial charge on any atom is 0.222 e. The topological polar surface area (TPSA) is 55.1 Å². The molecule has 0 atom stereocenters. The first-order chi connectivity index (χ1) is 7.37. The van der Waals surface area contributed by atoms with Gasteiger partial charge in [0.15, 0.2) is 0 Å². The molecule has 0 fully saturated rings. The Morgan fingerprint density at radius 2 is 2.19 bits per heavy atom. The van der Waals surface area contributed by atoms with Gasteiger partial charge in [-0.2, -0.15) is 0 Å². The number of nitrogens with two attached hydrogens (primary N) is 1. The molecule has 0 aromatic heterocycles. The normalized spacial score (nSPS) is 11.2. The fraction of sp³-hybridized carbons (Fsp3) is 0.417. The largest absolute Gasteiger partial charge is 0.352 e. The Kier molecular flexibility index (Phi) is 4.33. The molecule has 0 saturated carbocycles. The van der Waals surface area contributed by atoms with E-state index in [2.05, 4.69) is 5.32 Å². The van der Waals surface area contributed by atoms with Gasteiger partial charge in [-0.3, -0.25) is 4.79 Å². The summed E-state index contributed by atoms with van der Waals surface area (Å²) in [4.78, 5) is 11.5. The second kappa shape index (κ2) is 5.32. The highest BCUT2D eigenvalue weighted by molar-refractivity contribution is 6.30. The highest BCUT2D eigenvalue weighted by Crippen LogP contribution is 2.10. The molecule has 0 aliphatic rings. The summed E-state index contributed by atoms with van der Waals surface area (Å²) in [6, 6.07) is 7.40. The third kappa shape index (κ3) is 5.14. The van der Waals surface area contributed by atoms with Crippen LogP contribution in [0.1, 0.15) is 25.8 Å². The first kappa shape index (κ1) is 13.0. The van der Waals surface area contributed by atoms with Crippen molar-refractivity contribution < 1.29 is 4.79 Å². The van der Waals surface area contributed by atoms with Gasteiger partial charge in [0.25, 0.3) is 0 Å². The second-order valence-electron chi connectivity index (χ2n) is 4.57. The minimum Gasteiger partial charge on any atom is -0.352 e. The van der Waals surface area contributed by atoms with Crippen LogP contribution < -0.4 is 11.1 Å². The fourth-order valence-electron chi connectivity index (χ4n) is 1.32. The lowest BCUT2D eigenvalue weighted by atomic mass is 10.0. The molecule has 0 bridgehead atoms. The van der Waals surface area contributed by atoms with Crippen LogP contribution >= 0.6 is 11.6 Å². The fourth-order valence-corrected chi connectivity index (χ4v) is 1.54. The first-order valence-corrected chi connectivity index (χ1v) is 5.55. The Labute approximate surface area is 101 Å². The summed E-state index contributed by atoms with van der Waals surface area (Å²) in [6.45, 7) is 4.13. The predicted octanol–water partition coefficient (Wildman–Crippen LogP) is 2.08. The molecule has 0 radical (unpaired) electrons. The minimum atomic E-state index is -0.474. The van der Waals surface area contributed by atoms with Gasteiger partial charge in [-0.1, -0.05) is 23.7 Å². The van der Waals surface area contributed by atoms with E-state index in [1.54, 1.807) is 6.07 Å². The van der Waals surface area contributed by atoms with Crippen molar-refractivity contribution in [3.05, 3.63) is 34.9 Å². The number of hydrogen-bond acceptors (Lipinski definition) is 2. The predicted molar refractivity (Wildman–Crippen MR) is 66.2 cm³/mol. The molecule has 16 heavy (non-hydrogen) atoms. The van der Waals surface area contributed by atoms with Crippen molar-refractivity contribution >= 4 is 17.5 Å². The van der Waals surface area contributed by atoms with Gasteiger partial charge >= 0.3 is 0 Å². The molecule has 1 aromatic carbocycles. The van der Waals surface area contributed by atoms with Crippen molar-refractivity contribution in [3.8, 4) is 0 Å². The van der Waals surface area contributed by atoms with E-state index in [0.717, 1.165) is 5.56 Å². The van der Waals surface area contributed by atoms with Gasteiger partial charge < -0.3 is 11.1 Å². The van der Waals surface area contributed by atoms with Crippen LogP contribution in [0.2, 0.25) is 5.02 Å². The Morgan fingerprint density at radius 1 is 1.50 bits per heavy atom. The molecular formula is C12H17ClN2O. The Bertz CT molecular complexity index is 372. The Hall–Kier alpha value is -1.06. The van der Waals surface area contributed by atoms with Crippen LogP contribution in [0.15, 0.2) is 24.3 Å². The van der Waals surface area contributed by atoms with Crippen LogP contribution in [0.3, 0.4) is 0 Å². The van der Waals surface area contributed by atoms with Crippen molar-refractivity contribution in [2.75, 3.05) is 0 Å². The number of carbonyl (C=O) groups excluding carboxylic acids is 1. The van der Waals surface area contributed by atoms with E-state index in [-0.39, 0.29) is 5.91 Å². The third-order valence-electron chi connectivity index (χ3n) is 1.99. The van der Waals surface area contributed by atoms with Crippen LogP contribution in [0, 0.1) is 0 Å². The highest BCUT2D eigenvalue weighted by Gasteiger charge is 2.15. The molecule has 0 spiro atoms. The number of benzene rings is 1. The summed E-state index contributed by atoms with van der Waals surface area (Å²) in [7, 11) is 0. The summed E-state index contributed by atoms with van der Waals surface area (Å²) in [5.41, 5.74) is 6.26. The molecule has 0 unspecified atom stereocenters. The van der Waals surface area contributed by atoms with E-state index in [1.807, 2.05) is 32.0 Å². The number of rotatable bonds is 4. The Balaban J connectivity index is 2.43. The average Bonchev–Trinajstić information content (AvgIpc) is 2.12. The van der Waals surface area contributed by atoms with Crippen LogP contribution in [0.5, 0.6) is 0 Å². The number of carbonyl (C=O) groups is 1. The number of halogens is 1. The van der Waals surface area contributed by atoms with E-state index < -0.39 is 5.54 Å². The second-order valence-corrected chi connectivity index (χ2v) is 5.01. The van der Waals surface area contributed by atoms with E-state index in [0.29, 0.717) is 18.0 Å². The number of hydrogen-bond donors (Lipinski definition) is 2. The summed E-state index contributed by atoms with van der Waals surface area (Å²) >= 11 is 5.83. The van der Waals surface area contributed by atoms with Gasteiger partial charge in [-0.05, 0) is 31.5 Å². The number of amides is 1. The van der Waals surface area contributed by atoms with Crippen molar-refractivity contribution in [2.24, 2.45) is 5.73 Å². The zero-order chi connectivity index (χ0) is 12.2. The lowest BCUT2D eigenvalue weighted by Gasteiger charge is -2.17. The maximum absolute atomic E-state index is 11.5. The molecule has 3 N–H and O–H groups in total. The Morgan fingerprint density at radius 3 is 2.75 bits per heavy atom. The molecule has 0 saturated heterocycles. The van der Waals surface area contributed by atoms with Gasteiger partial charge in [0.1, 0.15) is 0 Å². The molecule has 88 valence electrons. The first-order valence-electron chi connectivity index (χ1n) is 5.17. The van der Waals surface area contributed by atoms with Crippen molar-refractivity contribution in [1.29, 1.82) is 0 Å². The van der Waals surface area contributed by atoms with Crippen LogP contribution in [-0.2, 0) is 11.3 Å². The number of nitrogens with one attached hydrogen (secondary N) is 1. The maximum atomic E-state index is 11.5. The zero-order valence-corrected chi connectivity index (χ0v) is 10.3. The van der Waals surface area contributed by atoms with Gasteiger partial charge in [0, 0.05) is 23.5 Å². The van der Waals surface area contributed by atoms with Crippen molar-refractivity contribution in [1.82, 2.24) is 5.32 Å². The highest BCUT2D eigenvalue weighted by atomic mass is 35.5. The molecule has 0 heterocycles. The van der Waals surface area contributed by atoms with Crippen molar-refractivity contribution in [2.45, 2.75) is 32.4 Å². The molecule has 4 heteroatoms. The van der Waals surface area contributed by atoms with Gasteiger partial charge in [0.05, 0.1) is 0 Å². The van der Waals surface area contributed by atoms with Crippen molar-refractivity contribution in [3.63, 3.8) is 0 Å². The van der Waals surface area contributed by atoms with Gasteiger partial charge in [-0.15, -0.1) is 0 Å². The summed E-state index contributed by atoms with van der Waals surface area (Å²) in [6.07, 6.45) is 0.313. The summed E-state index contributed by atoms with van der Waals surface area (Å²) < 4.78 is 0. The molecule has 0 aliphatic carbocycles. The van der Waals surface area contributed by atoms with E-state index in [1.165, 1.54) is 0 Å². The van der Waals surface area contributed by atoms with Crippen LogP contribution in [-0.4, -0.2) is 11.4 Å². The smallest absolute Gasteiger partial charge is 0.222 e. The van der Waals surface area contributed by atoms with E-state index in [4.69, 9.17) is 17.3 Å².